The zero-order valence-corrected chi connectivity index (χ0v) is 20.1. The van der Waals surface area contributed by atoms with Crippen LogP contribution >= 0.6 is 11.6 Å². The summed E-state index contributed by atoms with van der Waals surface area (Å²) in [4.78, 5) is 38.1. The number of rotatable bonds is 5. The molecule has 0 spiro atoms. The third-order valence-electron chi connectivity index (χ3n) is 5.84. The summed E-state index contributed by atoms with van der Waals surface area (Å²) in [5, 5.41) is 10.2. The Morgan fingerprint density at radius 1 is 1.15 bits per heavy atom. The first-order chi connectivity index (χ1) is 16.1. The topological polar surface area (TPSA) is 102 Å². The Bertz CT molecular complexity index is 1300. The van der Waals surface area contributed by atoms with Gasteiger partial charge in [0.05, 0.1) is 22.0 Å². The van der Waals surface area contributed by atoms with Gasteiger partial charge in [-0.3, -0.25) is 14.3 Å². The van der Waals surface area contributed by atoms with E-state index in [1.54, 1.807) is 42.8 Å². The number of benzene rings is 2. The summed E-state index contributed by atoms with van der Waals surface area (Å²) in [6, 6.07) is 13.2. The first-order valence-electron chi connectivity index (χ1n) is 10.8. The van der Waals surface area contributed by atoms with Crippen molar-refractivity contribution < 1.29 is 19.1 Å². The zero-order valence-electron chi connectivity index (χ0n) is 19.3. The number of carbonyl (C=O) groups is 3. The molecule has 0 saturated carbocycles. The monoisotopic (exact) mass is 480 g/mol. The summed E-state index contributed by atoms with van der Waals surface area (Å²) in [7, 11) is 0. The second-order valence-corrected chi connectivity index (χ2v) is 9.05. The number of hydrogen-bond acceptors (Lipinski definition) is 5. The standard InChI is InChI=1S/C25H25ClN4O4/c1-14-11-15(2)30(29-14)16(3)22(31)28-21-10-9-18(12-20(21)26)27-24(33)25(4)13-17-7-5-6-8-19(17)23(32)34-25/h5-12,16H,13H2,1-4H3,(H,27,33)(H,28,31). The Labute approximate surface area is 202 Å². The van der Waals surface area contributed by atoms with Gasteiger partial charge in [-0.05, 0) is 63.6 Å². The minimum atomic E-state index is -1.36. The first-order valence-corrected chi connectivity index (χ1v) is 11.2. The summed E-state index contributed by atoms with van der Waals surface area (Å²) >= 11 is 6.38. The molecule has 1 aromatic heterocycles. The highest BCUT2D eigenvalue weighted by atomic mass is 35.5. The Hall–Kier alpha value is -3.65. The van der Waals surface area contributed by atoms with Gasteiger partial charge in [-0.15, -0.1) is 0 Å². The number of esters is 1. The lowest BCUT2D eigenvalue weighted by Crippen LogP contribution is -2.48. The molecular formula is C25H25ClN4O4. The third kappa shape index (κ3) is 4.54. The molecule has 9 heteroatoms. The minimum Gasteiger partial charge on any atom is -0.445 e. The van der Waals surface area contributed by atoms with Crippen molar-refractivity contribution in [3.05, 3.63) is 76.1 Å². The van der Waals surface area contributed by atoms with E-state index in [1.165, 1.54) is 6.07 Å². The number of anilines is 2. The Morgan fingerprint density at radius 3 is 2.56 bits per heavy atom. The lowest BCUT2D eigenvalue weighted by atomic mass is 9.89. The molecule has 2 atom stereocenters. The van der Waals surface area contributed by atoms with Crippen molar-refractivity contribution in [2.24, 2.45) is 0 Å². The largest absolute Gasteiger partial charge is 0.445 e. The van der Waals surface area contributed by atoms with Crippen LogP contribution < -0.4 is 10.6 Å². The molecule has 2 unspecified atom stereocenters. The van der Waals surface area contributed by atoms with Crippen molar-refractivity contribution in [3.8, 4) is 0 Å². The van der Waals surface area contributed by atoms with Crippen LogP contribution in [-0.4, -0.2) is 33.2 Å². The van der Waals surface area contributed by atoms with Gasteiger partial charge in [0, 0.05) is 17.8 Å². The van der Waals surface area contributed by atoms with Gasteiger partial charge in [0.1, 0.15) is 6.04 Å². The Morgan fingerprint density at radius 2 is 1.88 bits per heavy atom. The number of nitrogens with one attached hydrogen (secondary N) is 2. The van der Waals surface area contributed by atoms with Gasteiger partial charge in [-0.1, -0.05) is 29.8 Å². The normalized spacial score (nSPS) is 18.0. The molecule has 34 heavy (non-hydrogen) atoms. The van der Waals surface area contributed by atoms with E-state index in [2.05, 4.69) is 15.7 Å². The van der Waals surface area contributed by atoms with Gasteiger partial charge in [-0.2, -0.15) is 5.10 Å². The maximum absolute atomic E-state index is 13.0. The molecule has 0 radical (unpaired) electrons. The zero-order chi connectivity index (χ0) is 24.6. The molecule has 0 fully saturated rings. The molecule has 3 aromatic rings. The van der Waals surface area contributed by atoms with Crippen molar-refractivity contribution in [2.45, 2.75) is 45.8 Å². The molecule has 0 bridgehead atoms. The number of cyclic esters (lactones) is 1. The van der Waals surface area contributed by atoms with E-state index in [-0.39, 0.29) is 17.4 Å². The van der Waals surface area contributed by atoms with Gasteiger partial charge in [-0.25, -0.2) is 4.79 Å². The number of nitrogens with zero attached hydrogens (tertiary/aromatic N) is 2. The van der Waals surface area contributed by atoms with Crippen LogP contribution in [0.2, 0.25) is 5.02 Å². The number of hydrogen-bond donors (Lipinski definition) is 2. The lowest BCUT2D eigenvalue weighted by molar-refractivity contribution is -0.134. The summed E-state index contributed by atoms with van der Waals surface area (Å²) in [6.45, 7) is 7.08. The van der Waals surface area contributed by atoms with Crippen molar-refractivity contribution in [1.82, 2.24) is 9.78 Å². The average molecular weight is 481 g/mol. The smallest absolute Gasteiger partial charge is 0.339 e. The number of carbonyl (C=O) groups excluding carboxylic acids is 3. The van der Waals surface area contributed by atoms with E-state index in [4.69, 9.17) is 16.3 Å². The van der Waals surface area contributed by atoms with Crippen LogP contribution in [0.4, 0.5) is 11.4 Å². The fourth-order valence-corrected chi connectivity index (χ4v) is 4.23. The maximum atomic E-state index is 13.0. The second-order valence-electron chi connectivity index (χ2n) is 8.64. The molecule has 0 aliphatic carbocycles. The number of amides is 2. The minimum absolute atomic E-state index is 0.253. The molecule has 0 saturated heterocycles. The molecule has 2 heterocycles. The summed E-state index contributed by atoms with van der Waals surface area (Å²) in [5.74, 6) is -1.28. The highest BCUT2D eigenvalue weighted by Crippen LogP contribution is 2.31. The molecule has 1 aliphatic heterocycles. The highest BCUT2D eigenvalue weighted by molar-refractivity contribution is 6.34. The molecule has 2 aromatic carbocycles. The van der Waals surface area contributed by atoms with E-state index >= 15 is 0 Å². The SMILES string of the molecule is Cc1cc(C)n(C(C)C(=O)Nc2ccc(NC(=O)C3(C)Cc4ccccc4C(=O)O3)cc2Cl)n1. The third-order valence-corrected chi connectivity index (χ3v) is 6.15. The molecule has 176 valence electrons. The van der Waals surface area contributed by atoms with Crippen molar-refractivity contribution in [1.29, 1.82) is 0 Å². The average Bonchev–Trinajstić information content (AvgIpc) is 3.12. The van der Waals surface area contributed by atoms with Gasteiger partial charge in [0.25, 0.3) is 5.91 Å². The molecule has 4 rings (SSSR count). The number of aryl methyl sites for hydroxylation is 2. The van der Waals surface area contributed by atoms with Gasteiger partial charge >= 0.3 is 5.97 Å². The molecule has 2 N–H and O–H groups in total. The number of halogens is 1. The molecule has 2 amide bonds. The van der Waals surface area contributed by atoms with Crippen molar-refractivity contribution >= 4 is 40.8 Å². The fraction of sp³-hybridized carbons (Fsp3) is 0.280. The molecule has 1 aliphatic rings. The lowest BCUT2D eigenvalue weighted by Gasteiger charge is -2.33. The Kier molecular flexibility index (Phi) is 6.18. The fourth-order valence-electron chi connectivity index (χ4n) is 4.00. The van der Waals surface area contributed by atoms with E-state index in [0.29, 0.717) is 16.9 Å². The van der Waals surface area contributed by atoms with Crippen LogP contribution in [-0.2, 0) is 20.7 Å². The van der Waals surface area contributed by atoms with Crippen LogP contribution in [0.5, 0.6) is 0 Å². The molecule has 8 nitrogen and oxygen atoms in total. The number of ether oxygens (including phenoxy) is 1. The van der Waals surface area contributed by atoms with E-state index in [0.717, 1.165) is 17.0 Å². The van der Waals surface area contributed by atoms with Crippen LogP contribution in [0.25, 0.3) is 0 Å². The van der Waals surface area contributed by atoms with Gasteiger partial charge < -0.3 is 15.4 Å². The number of aromatic nitrogens is 2. The van der Waals surface area contributed by atoms with Crippen LogP contribution in [0.15, 0.2) is 48.5 Å². The van der Waals surface area contributed by atoms with Crippen molar-refractivity contribution in [2.75, 3.05) is 10.6 Å². The van der Waals surface area contributed by atoms with E-state index in [1.807, 2.05) is 32.0 Å². The van der Waals surface area contributed by atoms with E-state index < -0.39 is 23.5 Å². The van der Waals surface area contributed by atoms with E-state index in [9.17, 15) is 14.4 Å². The predicted octanol–water partition coefficient (Wildman–Crippen LogP) is 4.46. The quantitative estimate of drug-likeness (QED) is 0.525. The summed E-state index contributed by atoms with van der Waals surface area (Å²) < 4.78 is 7.12. The van der Waals surface area contributed by atoms with Gasteiger partial charge in [0.2, 0.25) is 5.91 Å². The van der Waals surface area contributed by atoms with Crippen LogP contribution in [0.3, 0.4) is 0 Å². The summed E-state index contributed by atoms with van der Waals surface area (Å²) in [6.07, 6.45) is 0.257. The predicted molar refractivity (Wildman–Crippen MR) is 129 cm³/mol. The first kappa shape index (κ1) is 23.5. The number of fused-ring (bicyclic) bond motifs is 1. The maximum Gasteiger partial charge on any atom is 0.339 e. The molecular weight excluding hydrogens is 456 g/mol. The second kappa shape index (κ2) is 8.95. The highest BCUT2D eigenvalue weighted by Gasteiger charge is 2.42. The van der Waals surface area contributed by atoms with Crippen LogP contribution in [0, 0.1) is 13.8 Å². The van der Waals surface area contributed by atoms with Crippen LogP contribution in [0.1, 0.15) is 47.2 Å². The summed E-state index contributed by atoms with van der Waals surface area (Å²) in [5.41, 5.74) is 2.38. The van der Waals surface area contributed by atoms with Crippen molar-refractivity contribution in [3.63, 3.8) is 0 Å². The van der Waals surface area contributed by atoms with Gasteiger partial charge in [0.15, 0.2) is 5.60 Å². The Balaban J connectivity index is 1.45.